The molecule has 0 radical (unpaired) electrons. The maximum Gasteiger partial charge on any atom is 0.222 e. The summed E-state index contributed by atoms with van der Waals surface area (Å²) in [5.74, 6) is 0. The quantitative estimate of drug-likeness (QED) is 0.557. The third-order valence-electron chi connectivity index (χ3n) is 1.30. The predicted molar refractivity (Wildman–Crippen MR) is 40.8 cm³/mol. The van der Waals surface area contributed by atoms with Crippen molar-refractivity contribution >= 4 is 5.69 Å². The van der Waals surface area contributed by atoms with Crippen LogP contribution in [0.25, 0.3) is 0 Å². The molecule has 0 amide bonds. The smallest absolute Gasteiger partial charge is 0.222 e. The standard InChI is InChI=1S/C7H7N3O/c1-10-3-5(2-8)7(11)6(9)4-10/h3-4H,9H2,1H3. The molecule has 0 saturated carbocycles. The number of rotatable bonds is 0. The zero-order chi connectivity index (χ0) is 8.43. The van der Waals surface area contributed by atoms with E-state index in [9.17, 15) is 4.79 Å². The molecule has 0 spiro atoms. The minimum absolute atomic E-state index is 0.0764. The molecule has 4 heteroatoms. The molecule has 0 atom stereocenters. The molecule has 1 aromatic rings. The molecule has 1 heterocycles. The van der Waals surface area contributed by atoms with Gasteiger partial charge in [0.25, 0.3) is 0 Å². The number of anilines is 1. The van der Waals surface area contributed by atoms with Crippen LogP contribution in [0.1, 0.15) is 5.56 Å². The van der Waals surface area contributed by atoms with Gasteiger partial charge in [-0.05, 0) is 0 Å². The number of hydrogen-bond donors (Lipinski definition) is 1. The molecule has 0 bridgehead atoms. The van der Waals surface area contributed by atoms with Gasteiger partial charge in [0, 0.05) is 19.4 Å². The van der Waals surface area contributed by atoms with Crippen LogP contribution in [0.5, 0.6) is 0 Å². The molecule has 0 aliphatic heterocycles. The summed E-state index contributed by atoms with van der Waals surface area (Å²) in [6.07, 6.45) is 2.92. The lowest BCUT2D eigenvalue weighted by Crippen LogP contribution is -2.14. The van der Waals surface area contributed by atoms with E-state index in [0.29, 0.717) is 0 Å². The van der Waals surface area contributed by atoms with Gasteiger partial charge in [0.05, 0.1) is 5.69 Å². The molecular weight excluding hydrogens is 142 g/mol. The summed E-state index contributed by atoms with van der Waals surface area (Å²) in [6, 6.07) is 1.76. The molecule has 0 fully saturated rings. The van der Waals surface area contributed by atoms with E-state index in [2.05, 4.69) is 0 Å². The normalized spacial score (nSPS) is 9.09. The van der Waals surface area contributed by atoms with Crippen LogP contribution in [0.2, 0.25) is 0 Å². The molecule has 1 aromatic heterocycles. The fourth-order valence-corrected chi connectivity index (χ4v) is 0.813. The van der Waals surface area contributed by atoms with E-state index in [4.69, 9.17) is 11.0 Å². The molecule has 0 aromatic carbocycles. The maximum atomic E-state index is 11.0. The Balaban J connectivity index is 3.52. The molecule has 2 N–H and O–H groups in total. The molecule has 56 valence electrons. The third-order valence-corrected chi connectivity index (χ3v) is 1.30. The van der Waals surface area contributed by atoms with Gasteiger partial charge in [-0.2, -0.15) is 5.26 Å². The fraction of sp³-hybridized carbons (Fsp3) is 0.143. The van der Waals surface area contributed by atoms with Gasteiger partial charge < -0.3 is 10.3 Å². The number of aromatic nitrogens is 1. The van der Waals surface area contributed by atoms with E-state index in [0.717, 1.165) is 0 Å². The summed E-state index contributed by atoms with van der Waals surface area (Å²) in [5, 5.41) is 8.45. The highest BCUT2D eigenvalue weighted by Gasteiger charge is 2.00. The Hall–Kier alpha value is -1.76. The summed E-state index contributed by atoms with van der Waals surface area (Å²) in [7, 11) is 1.70. The van der Waals surface area contributed by atoms with E-state index < -0.39 is 5.43 Å². The largest absolute Gasteiger partial charge is 0.394 e. The highest BCUT2D eigenvalue weighted by molar-refractivity contribution is 5.42. The van der Waals surface area contributed by atoms with E-state index >= 15 is 0 Å². The van der Waals surface area contributed by atoms with Crippen LogP contribution in [0, 0.1) is 11.3 Å². The Morgan fingerprint density at radius 1 is 1.64 bits per heavy atom. The van der Waals surface area contributed by atoms with Gasteiger partial charge >= 0.3 is 0 Å². The molecule has 0 unspecified atom stereocenters. The number of nitrogens with two attached hydrogens (primary N) is 1. The zero-order valence-electron chi connectivity index (χ0n) is 6.03. The Morgan fingerprint density at radius 3 is 2.82 bits per heavy atom. The summed E-state index contributed by atoms with van der Waals surface area (Å²) < 4.78 is 1.58. The van der Waals surface area contributed by atoms with E-state index in [-0.39, 0.29) is 11.3 Å². The molecule has 0 aliphatic carbocycles. The average molecular weight is 149 g/mol. The van der Waals surface area contributed by atoms with Crippen LogP contribution >= 0.6 is 0 Å². The topological polar surface area (TPSA) is 71.8 Å². The zero-order valence-corrected chi connectivity index (χ0v) is 6.03. The molecule has 11 heavy (non-hydrogen) atoms. The van der Waals surface area contributed by atoms with Crippen LogP contribution < -0.4 is 11.2 Å². The van der Waals surface area contributed by atoms with Crippen molar-refractivity contribution in [3.8, 4) is 6.07 Å². The first-order chi connectivity index (χ1) is 5.15. The first kappa shape index (κ1) is 7.35. The lowest BCUT2D eigenvalue weighted by atomic mass is 10.3. The van der Waals surface area contributed by atoms with Crippen molar-refractivity contribution < 1.29 is 0 Å². The Kier molecular flexibility index (Phi) is 1.65. The first-order valence-corrected chi connectivity index (χ1v) is 3.01. The molecule has 0 aliphatic rings. The second-order valence-corrected chi connectivity index (χ2v) is 2.23. The highest BCUT2D eigenvalue weighted by Crippen LogP contribution is 1.94. The summed E-state index contributed by atoms with van der Waals surface area (Å²) in [4.78, 5) is 11.0. The molecule has 4 nitrogen and oxygen atoms in total. The molecule has 0 saturated heterocycles. The summed E-state index contributed by atoms with van der Waals surface area (Å²) in [5.41, 5.74) is 5.09. The maximum absolute atomic E-state index is 11.0. The lowest BCUT2D eigenvalue weighted by Gasteiger charge is -1.98. The van der Waals surface area contributed by atoms with Gasteiger partial charge in [-0.25, -0.2) is 0 Å². The van der Waals surface area contributed by atoms with Crippen molar-refractivity contribution in [2.75, 3.05) is 5.73 Å². The van der Waals surface area contributed by atoms with Gasteiger partial charge in [0.1, 0.15) is 11.6 Å². The number of nitrogens with zero attached hydrogens (tertiary/aromatic N) is 2. The van der Waals surface area contributed by atoms with Gasteiger partial charge in [-0.15, -0.1) is 0 Å². The molecule has 1 rings (SSSR count). The van der Waals surface area contributed by atoms with Crippen molar-refractivity contribution in [3.63, 3.8) is 0 Å². The second kappa shape index (κ2) is 2.46. The van der Waals surface area contributed by atoms with E-state index in [1.54, 1.807) is 17.7 Å². The van der Waals surface area contributed by atoms with E-state index in [1.165, 1.54) is 12.4 Å². The van der Waals surface area contributed by atoms with Crippen LogP contribution in [0.15, 0.2) is 17.2 Å². The summed E-state index contributed by atoms with van der Waals surface area (Å²) in [6.45, 7) is 0. The second-order valence-electron chi connectivity index (χ2n) is 2.23. The van der Waals surface area contributed by atoms with Gasteiger partial charge in [-0.3, -0.25) is 4.79 Å². The van der Waals surface area contributed by atoms with Crippen LogP contribution in [-0.4, -0.2) is 4.57 Å². The monoisotopic (exact) mass is 149 g/mol. The van der Waals surface area contributed by atoms with Crippen molar-refractivity contribution in [3.05, 3.63) is 28.2 Å². The van der Waals surface area contributed by atoms with Crippen LogP contribution in [0.3, 0.4) is 0 Å². The van der Waals surface area contributed by atoms with Gasteiger partial charge in [-0.1, -0.05) is 0 Å². The van der Waals surface area contributed by atoms with Crippen LogP contribution in [0.4, 0.5) is 5.69 Å². The number of nitriles is 1. The Labute approximate surface area is 63.5 Å². The lowest BCUT2D eigenvalue weighted by molar-refractivity contribution is 0.899. The fourth-order valence-electron chi connectivity index (χ4n) is 0.813. The minimum Gasteiger partial charge on any atom is -0.394 e. The first-order valence-electron chi connectivity index (χ1n) is 3.01. The summed E-state index contributed by atoms with van der Waals surface area (Å²) >= 11 is 0. The highest BCUT2D eigenvalue weighted by atomic mass is 16.1. The minimum atomic E-state index is -0.398. The Morgan fingerprint density at radius 2 is 2.27 bits per heavy atom. The number of nitrogen functional groups attached to an aromatic ring is 1. The van der Waals surface area contributed by atoms with Crippen molar-refractivity contribution in [1.82, 2.24) is 4.57 Å². The van der Waals surface area contributed by atoms with Gasteiger partial charge in [0.2, 0.25) is 5.43 Å². The number of aryl methyl sites for hydroxylation is 1. The van der Waals surface area contributed by atoms with E-state index in [1.807, 2.05) is 0 Å². The number of pyridine rings is 1. The number of hydrogen-bond acceptors (Lipinski definition) is 3. The Bertz CT molecular complexity index is 372. The SMILES string of the molecule is Cn1cc(N)c(=O)c(C#N)c1. The predicted octanol–water partition coefficient (Wildman–Crippen LogP) is -0.161. The van der Waals surface area contributed by atoms with Gasteiger partial charge in [0.15, 0.2) is 0 Å². The molecular formula is C7H7N3O. The third kappa shape index (κ3) is 1.22. The van der Waals surface area contributed by atoms with Crippen molar-refractivity contribution in [2.24, 2.45) is 7.05 Å². The van der Waals surface area contributed by atoms with Crippen molar-refractivity contribution in [1.29, 1.82) is 5.26 Å². The van der Waals surface area contributed by atoms with Crippen LogP contribution in [-0.2, 0) is 7.05 Å². The van der Waals surface area contributed by atoms with Crippen molar-refractivity contribution in [2.45, 2.75) is 0 Å². The average Bonchev–Trinajstić information content (AvgIpc) is 1.96.